The molecule has 0 bridgehead atoms. The van der Waals surface area contributed by atoms with Gasteiger partial charge < -0.3 is 57.3 Å². The topological polar surface area (TPSA) is 280 Å². The number of hydrogen-bond donors (Lipinski definition) is 9. The molecule has 24 heteroatoms. The average Bonchev–Trinajstić information content (AvgIpc) is 0.884. The van der Waals surface area contributed by atoms with Gasteiger partial charge in [0.05, 0.1) is 19.8 Å². The van der Waals surface area contributed by atoms with Crippen LogP contribution in [0.4, 0.5) is 13.2 Å². The van der Waals surface area contributed by atoms with Crippen LogP contribution in [0.3, 0.4) is 0 Å². The minimum absolute atomic E-state index is 0.00401. The van der Waals surface area contributed by atoms with E-state index >= 15 is 0 Å². The lowest BCUT2D eigenvalue weighted by Crippen LogP contribution is -2.46. The fourth-order valence-electron chi connectivity index (χ4n) is 12.4. The molecular formula is C116H168F3N9O11S. The molecule has 8 aromatic carbocycles. The number of carbonyl (C=O) groups is 9. The molecule has 0 spiro atoms. The van der Waals surface area contributed by atoms with Gasteiger partial charge >= 0.3 is 0 Å². The fraction of sp³-hybridized carbons (Fsp3) is 0.474. The minimum Gasteiger partial charge on any atom is -0.497 e. The van der Waals surface area contributed by atoms with Gasteiger partial charge in [0.2, 0.25) is 53.2 Å². The number of nitrogens with one attached hydrogen (secondary N) is 9. The van der Waals surface area contributed by atoms with E-state index in [2.05, 4.69) is 141 Å². The highest BCUT2D eigenvalue weighted by Gasteiger charge is 2.24. The van der Waals surface area contributed by atoms with Gasteiger partial charge in [-0.3, -0.25) is 43.2 Å². The summed E-state index contributed by atoms with van der Waals surface area (Å²) in [4.78, 5) is 104. The zero-order valence-electron chi connectivity index (χ0n) is 88.7. The molecule has 1 aromatic heterocycles. The van der Waals surface area contributed by atoms with E-state index in [0.717, 1.165) is 74.1 Å². The van der Waals surface area contributed by atoms with Crippen LogP contribution in [-0.2, 0) is 92.8 Å². The molecule has 0 aliphatic rings. The highest BCUT2D eigenvalue weighted by atomic mass is 32.1. The Hall–Kier alpha value is -11.8. The Morgan fingerprint density at radius 1 is 0.321 bits per heavy atom. The first kappa shape index (κ1) is 126. The van der Waals surface area contributed by atoms with Gasteiger partial charge in [-0.15, -0.1) is 11.3 Å². The SMILES string of the molecule is CC(C)C(=O)NC(C)(C)Cc1ccc(F)cc1.CC(C)C(=O)NCCc1cccs1.CC(C)C(=O)NC[C@@H](C)c1ccccc1.CC(C)C(=O)NC[C@H](C)c1ccccc1.CC(C)C(=O)N[C@@H](C)Cc1ccc(F)cc1.CC(C)C(=O)N[C@H](C)Cc1ccc(F)cc1.COC[C@H](Cc1ccccc1)NC(=O)C(C)C.COc1ccc(CCNC(=O)C(C)C)cc1.Cc1ccc(CCNC(=O)C(C)C)cc1. The second-order valence-corrected chi connectivity index (χ2v) is 39.6. The number of hydrogen-bond acceptors (Lipinski definition) is 12. The van der Waals surface area contributed by atoms with Crippen LogP contribution in [-0.4, -0.2) is 130 Å². The monoisotopic (exact) mass is 1950 g/mol. The van der Waals surface area contributed by atoms with E-state index in [1.807, 2.05) is 237 Å². The fourth-order valence-corrected chi connectivity index (χ4v) is 13.1. The number of methoxy groups -OCH3 is 2. The number of rotatable bonds is 39. The van der Waals surface area contributed by atoms with Crippen LogP contribution in [0, 0.1) is 77.6 Å². The van der Waals surface area contributed by atoms with Crippen LogP contribution >= 0.6 is 11.3 Å². The van der Waals surface area contributed by atoms with E-state index < -0.39 is 0 Å². The van der Waals surface area contributed by atoms with E-state index in [4.69, 9.17) is 9.47 Å². The van der Waals surface area contributed by atoms with Crippen molar-refractivity contribution in [1.29, 1.82) is 0 Å². The number of benzene rings is 8. The molecule has 0 saturated heterocycles. The van der Waals surface area contributed by atoms with Crippen molar-refractivity contribution >= 4 is 64.5 Å². The summed E-state index contributed by atoms with van der Waals surface area (Å²) < 4.78 is 48.3. The van der Waals surface area contributed by atoms with Gasteiger partial charge in [-0.25, -0.2) is 13.2 Å². The molecule has 0 saturated carbocycles. The molecule has 0 aliphatic heterocycles. The van der Waals surface area contributed by atoms with Crippen molar-refractivity contribution < 1.29 is 65.8 Å². The molecule has 9 aromatic rings. The number of ether oxygens (including phenoxy) is 2. The highest BCUT2D eigenvalue weighted by Crippen LogP contribution is 2.19. The summed E-state index contributed by atoms with van der Waals surface area (Å²) >= 11 is 1.73. The van der Waals surface area contributed by atoms with Crippen LogP contribution in [0.1, 0.15) is 233 Å². The van der Waals surface area contributed by atoms with E-state index in [1.165, 1.54) is 74.7 Å². The molecule has 770 valence electrons. The third kappa shape index (κ3) is 61.0. The number of thiophene rings is 1. The molecule has 0 aliphatic carbocycles. The lowest BCUT2D eigenvalue weighted by Gasteiger charge is -2.27. The molecule has 9 amide bonds. The van der Waals surface area contributed by atoms with Crippen molar-refractivity contribution in [2.75, 3.05) is 53.6 Å². The largest absolute Gasteiger partial charge is 0.497 e. The Bertz CT molecular complexity index is 4730. The molecule has 0 unspecified atom stereocenters. The van der Waals surface area contributed by atoms with Gasteiger partial charge in [0.1, 0.15) is 23.2 Å². The Morgan fingerprint density at radius 3 is 0.957 bits per heavy atom. The molecular weight excluding hydrogens is 1780 g/mol. The second kappa shape index (κ2) is 71.6. The molecule has 5 atom stereocenters. The maximum Gasteiger partial charge on any atom is 0.222 e. The third-order valence-electron chi connectivity index (χ3n) is 21.3. The Kier molecular flexibility index (Phi) is 64.6. The molecule has 9 N–H and O–H groups in total. The van der Waals surface area contributed by atoms with Gasteiger partial charge in [-0.2, -0.15) is 0 Å². The van der Waals surface area contributed by atoms with Crippen LogP contribution in [0.2, 0.25) is 0 Å². The molecule has 9 rings (SSSR count). The Balaban J connectivity index is 0.000000788. The normalized spacial score (nSPS) is 11.7. The van der Waals surface area contributed by atoms with Crippen molar-refractivity contribution in [3.05, 3.63) is 302 Å². The van der Waals surface area contributed by atoms with Crippen LogP contribution in [0.5, 0.6) is 5.75 Å². The number of amides is 9. The number of halogens is 3. The molecule has 0 radical (unpaired) electrons. The Morgan fingerprint density at radius 2 is 0.629 bits per heavy atom. The quantitative estimate of drug-likeness (QED) is 0.0175. The molecule has 140 heavy (non-hydrogen) atoms. The van der Waals surface area contributed by atoms with E-state index in [9.17, 15) is 56.3 Å². The Labute approximate surface area is 841 Å². The smallest absolute Gasteiger partial charge is 0.222 e. The summed E-state index contributed by atoms with van der Waals surface area (Å²) in [5.41, 5.74) is 10.2. The van der Waals surface area contributed by atoms with Gasteiger partial charge in [0.15, 0.2) is 0 Å². The summed E-state index contributed by atoms with van der Waals surface area (Å²) in [5.74, 6) is 2.02. The van der Waals surface area contributed by atoms with Crippen molar-refractivity contribution in [1.82, 2.24) is 47.9 Å². The minimum atomic E-state index is -0.320. The van der Waals surface area contributed by atoms with Crippen molar-refractivity contribution in [3.63, 3.8) is 0 Å². The van der Waals surface area contributed by atoms with E-state index in [-0.39, 0.29) is 148 Å². The predicted molar refractivity (Wildman–Crippen MR) is 570 cm³/mol. The summed E-state index contributed by atoms with van der Waals surface area (Å²) in [5, 5.41) is 28.4. The highest BCUT2D eigenvalue weighted by molar-refractivity contribution is 7.09. The van der Waals surface area contributed by atoms with Gasteiger partial charge in [-0.05, 0) is 196 Å². The molecule has 1 heterocycles. The van der Waals surface area contributed by atoms with Crippen molar-refractivity contribution in [2.24, 2.45) is 53.3 Å². The summed E-state index contributed by atoms with van der Waals surface area (Å²) in [6.45, 7) is 52.2. The van der Waals surface area contributed by atoms with Gasteiger partial charge in [0.25, 0.3) is 0 Å². The van der Waals surface area contributed by atoms with Crippen LogP contribution in [0.25, 0.3) is 0 Å². The maximum absolute atomic E-state index is 12.8. The van der Waals surface area contributed by atoms with E-state index in [1.54, 1.807) is 62.0 Å². The number of carbonyl (C=O) groups excluding carboxylic acids is 9. The van der Waals surface area contributed by atoms with Crippen molar-refractivity contribution in [3.8, 4) is 5.75 Å². The second-order valence-electron chi connectivity index (χ2n) is 38.5. The third-order valence-corrected chi connectivity index (χ3v) is 22.3. The summed E-state index contributed by atoms with van der Waals surface area (Å²) in [6.07, 6.45) is 5.62. The van der Waals surface area contributed by atoms with Gasteiger partial charge in [0, 0.05) is 116 Å². The first-order valence-corrected chi connectivity index (χ1v) is 50.1. The first-order valence-electron chi connectivity index (χ1n) is 49.2. The lowest BCUT2D eigenvalue weighted by molar-refractivity contribution is -0.126. The van der Waals surface area contributed by atoms with Crippen LogP contribution < -0.4 is 52.6 Å². The predicted octanol–water partition coefficient (Wildman–Crippen LogP) is 21.5. The zero-order chi connectivity index (χ0) is 105. The first-order chi connectivity index (χ1) is 66.0. The number of aryl methyl sites for hydroxylation is 1. The molecule has 0 fully saturated rings. The van der Waals surface area contributed by atoms with Crippen molar-refractivity contribution in [2.45, 2.75) is 254 Å². The standard InChI is InChI=1S/C14H20FNO.C14H21NO2.2C13H18FNO.C13H19NO2.3C13H19NO.C10H15NOS/c1-10(2)13(17)16-14(3,4)9-11-5-7-12(15)8-6-11;1-11(2)14(16)15-13(10-17-3)9-12-7-5-4-6-8-12;2*1-9(2)13(16)15-10(3)8-11-4-6-12(14)7-5-11;1-10(2)13(15)14-9-8-11-4-6-12(16-3)7-5-11;1-10(2)13(15)14-9-8-12-6-4-11(3)5-7-12;2*1-10(2)13(15)14-9-11(3)12-7-5-4-6-8-12;1-8(2)10(12)11-6-5-9-4-3-7-13-9/h5-8,10H,9H2,1-4H3,(H,16,17);4-8,11,13H,9-10H2,1-3H3,(H,15,16);2*4-7,9-10H,8H2,1-3H3,(H,15,16);4-7,10H,8-9H2,1-3H3,(H,14,15);4-7,10H,8-9H2,1-3H3,(H,14,15);2*4-8,10-11H,9H2,1-3H3,(H,14,15);3-4,7-8H,5-6H2,1-2H3,(H,11,12)/t;13-;2*10-;;;2*11-;/m.010..10./s1. The summed E-state index contributed by atoms with van der Waals surface area (Å²) in [6, 6.07) is 70.3. The summed E-state index contributed by atoms with van der Waals surface area (Å²) in [7, 11) is 3.30. The lowest BCUT2D eigenvalue weighted by atomic mass is 9.94. The zero-order valence-corrected chi connectivity index (χ0v) is 89.6. The molecule has 20 nitrogen and oxygen atoms in total. The van der Waals surface area contributed by atoms with Crippen LogP contribution in [0.15, 0.2) is 230 Å². The average molecular weight is 1950 g/mol. The maximum atomic E-state index is 12.8. The van der Waals surface area contributed by atoms with E-state index in [0.29, 0.717) is 44.5 Å². The van der Waals surface area contributed by atoms with Gasteiger partial charge in [-0.1, -0.05) is 314 Å².